The summed E-state index contributed by atoms with van der Waals surface area (Å²) < 4.78 is 11.1. The van der Waals surface area contributed by atoms with E-state index in [4.69, 9.17) is 9.47 Å². The number of anilines is 1. The number of hydrogen-bond acceptors (Lipinski definition) is 4. The minimum Gasteiger partial charge on any atom is -0.498 e. The van der Waals surface area contributed by atoms with Gasteiger partial charge in [-0.05, 0) is 36.8 Å². The molecule has 126 valence electrons. The van der Waals surface area contributed by atoms with Gasteiger partial charge in [0.15, 0.2) is 0 Å². The molecule has 1 rings (SSSR count). The summed E-state index contributed by atoms with van der Waals surface area (Å²) in [4.78, 5) is 4.43. The van der Waals surface area contributed by atoms with Gasteiger partial charge in [-0.1, -0.05) is 19.6 Å². The van der Waals surface area contributed by atoms with Gasteiger partial charge in [-0.25, -0.2) is 0 Å². The van der Waals surface area contributed by atoms with Crippen molar-refractivity contribution >= 4 is 11.3 Å². The number of nitrogens with one attached hydrogen (secondary N) is 1. The van der Waals surface area contributed by atoms with Crippen molar-refractivity contribution in [1.29, 1.82) is 0 Å². The summed E-state index contributed by atoms with van der Waals surface area (Å²) in [5, 5.41) is 3.06. The third-order valence-corrected chi connectivity index (χ3v) is 3.29. The second kappa shape index (κ2) is 11.5. The molecule has 0 amide bonds. The van der Waals surface area contributed by atoms with Gasteiger partial charge in [-0.3, -0.25) is 4.98 Å². The molecule has 1 aromatic heterocycles. The van der Waals surface area contributed by atoms with E-state index < -0.39 is 0 Å². The lowest BCUT2D eigenvalue weighted by atomic mass is 10.1. The second-order valence-electron chi connectivity index (χ2n) is 4.89. The van der Waals surface area contributed by atoms with E-state index in [-0.39, 0.29) is 0 Å². The molecule has 0 aliphatic heterocycles. The smallest absolute Gasteiger partial charge is 0.0957 e. The first-order valence-corrected chi connectivity index (χ1v) is 8.13. The Morgan fingerprint density at radius 2 is 2.09 bits per heavy atom. The van der Waals surface area contributed by atoms with Crippen LogP contribution in [-0.4, -0.2) is 31.9 Å². The van der Waals surface area contributed by atoms with Crippen LogP contribution in [0, 0.1) is 0 Å². The van der Waals surface area contributed by atoms with Crippen molar-refractivity contribution in [3.63, 3.8) is 0 Å². The van der Waals surface area contributed by atoms with E-state index in [0.29, 0.717) is 6.61 Å². The maximum atomic E-state index is 5.78. The van der Waals surface area contributed by atoms with Gasteiger partial charge in [0.05, 0.1) is 29.9 Å². The van der Waals surface area contributed by atoms with Crippen molar-refractivity contribution in [1.82, 2.24) is 4.98 Å². The molecule has 0 aliphatic carbocycles. The SMILES string of the molecule is C=C/C(=C\C=C(/CC)OCCCOCC)c1ccc(NC)cn1. The van der Waals surface area contributed by atoms with E-state index in [0.717, 1.165) is 48.8 Å². The Hall–Kier alpha value is -2.07. The molecule has 0 spiro atoms. The van der Waals surface area contributed by atoms with Crippen LogP contribution in [0.4, 0.5) is 5.69 Å². The first kappa shape index (κ1) is 19.0. The average Bonchev–Trinajstić information content (AvgIpc) is 2.60. The molecule has 0 aliphatic rings. The molecule has 0 fully saturated rings. The van der Waals surface area contributed by atoms with Gasteiger partial charge in [0, 0.05) is 33.1 Å². The van der Waals surface area contributed by atoms with Crippen LogP contribution >= 0.6 is 0 Å². The number of ether oxygens (including phenoxy) is 2. The van der Waals surface area contributed by atoms with Gasteiger partial charge in [0.1, 0.15) is 0 Å². The normalized spacial score (nSPS) is 12.1. The molecule has 23 heavy (non-hydrogen) atoms. The number of allylic oxidation sites excluding steroid dienone is 5. The summed E-state index contributed by atoms with van der Waals surface area (Å²) in [6.45, 7) is 10.1. The van der Waals surface area contributed by atoms with Gasteiger partial charge in [-0.15, -0.1) is 0 Å². The maximum Gasteiger partial charge on any atom is 0.0957 e. The van der Waals surface area contributed by atoms with Crippen molar-refractivity contribution in [2.24, 2.45) is 0 Å². The molecule has 1 aromatic rings. The molecule has 0 unspecified atom stereocenters. The molecule has 4 nitrogen and oxygen atoms in total. The highest BCUT2D eigenvalue weighted by molar-refractivity contribution is 5.73. The van der Waals surface area contributed by atoms with E-state index in [1.807, 2.05) is 38.3 Å². The highest BCUT2D eigenvalue weighted by Crippen LogP contribution is 2.16. The lowest BCUT2D eigenvalue weighted by Gasteiger charge is -2.08. The van der Waals surface area contributed by atoms with Crippen molar-refractivity contribution < 1.29 is 9.47 Å². The zero-order valence-corrected chi connectivity index (χ0v) is 14.5. The number of aromatic nitrogens is 1. The molecule has 0 saturated carbocycles. The fraction of sp³-hybridized carbons (Fsp3) is 0.421. The maximum absolute atomic E-state index is 5.78. The summed E-state index contributed by atoms with van der Waals surface area (Å²) in [6, 6.07) is 3.97. The molecule has 1 N–H and O–H groups in total. The zero-order chi connectivity index (χ0) is 16.9. The Kier molecular flexibility index (Phi) is 9.48. The Balaban J connectivity index is 2.68. The summed E-state index contributed by atoms with van der Waals surface area (Å²) in [5.74, 6) is 0.952. The molecule has 0 aromatic carbocycles. The van der Waals surface area contributed by atoms with Crippen LogP contribution in [0.25, 0.3) is 5.57 Å². The monoisotopic (exact) mass is 316 g/mol. The quantitative estimate of drug-likeness (QED) is 0.372. The predicted octanol–water partition coefficient (Wildman–Crippen LogP) is 4.43. The summed E-state index contributed by atoms with van der Waals surface area (Å²) in [5.41, 5.74) is 2.85. The fourth-order valence-electron chi connectivity index (χ4n) is 1.93. The number of hydrogen-bond donors (Lipinski definition) is 1. The van der Waals surface area contributed by atoms with Gasteiger partial charge in [-0.2, -0.15) is 0 Å². The first-order valence-electron chi connectivity index (χ1n) is 8.13. The summed E-state index contributed by atoms with van der Waals surface area (Å²) in [6.07, 6.45) is 9.35. The third-order valence-electron chi connectivity index (χ3n) is 3.29. The van der Waals surface area contributed by atoms with Crippen LogP contribution in [0.3, 0.4) is 0 Å². The molecule has 0 bridgehead atoms. The Bertz CT molecular complexity index is 519. The topological polar surface area (TPSA) is 43.4 Å². The van der Waals surface area contributed by atoms with Crippen molar-refractivity contribution in [3.05, 3.63) is 54.6 Å². The Morgan fingerprint density at radius 3 is 2.65 bits per heavy atom. The van der Waals surface area contributed by atoms with Crippen molar-refractivity contribution in [3.8, 4) is 0 Å². The molecule has 0 saturated heterocycles. The first-order chi connectivity index (χ1) is 11.2. The fourth-order valence-corrected chi connectivity index (χ4v) is 1.93. The number of rotatable bonds is 11. The minimum atomic E-state index is 0.673. The Morgan fingerprint density at radius 1 is 1.26 bits per heavy atom. The van der Waals surface area contributed by atoms with Crippen LogP contribution in [0.5, 0.6) is 0 Å². The Labute approximate surface area is 139 Å². The van der Waals surface area contributed by atoms with E-state index in [2.05, 4.69) is 23.8 Å². The third kappa shape index (κ3) is 7.15. The van der Waals surface area contributed by atoms with Gasteiger partial charge >= 0.3 is 0 Å². The van der Waals surface area contributed by atoms with Gasteiger partial charge in [0.25, 0.3) is 0 Å². The predicted molar refractivity (Wildman–Crippen MR) is 97.4 cm³/mol. The van der Waals surface area contributed by atoms with Crippen LogP contribution < -0.4 is 5.32 Å². The number of pyridine rings is 1. The van der Waals surface area contributed by atoms with Crippen LogP contribution in [0.2, 0.25) is 0 Å². The lowest BCUT2D eigenvalue weighted by molar-refractivity contribution is 0.114. The van der Waals surface area contributed by atoms with Crippen LogP contribution in [-0.2, 0) is 9.47 Å². The van der Waals surface area contributed by atoms with Gasteiger partial charge in [0.2, 0.25) is 0 Å². The molecule has 0 radical (unpaired) electrons. The number of nitrogens with zero attached hydrogens (tertiary/aromatic N) is 1. The zero-order valence-electron chi connectivity index (χ0n) is 14.5. The molecule has 0 atom stereocenters. The van der Waals surface area contributed by atoms with Crippen molar-refractivity contribution in [2.75, 3.05) is 32.2 Å². The molecule has 1 heterocycles. The minimum absolute atomic E-state index is 0.673. The van der Waals surface area contributed by atoms with E-state index in [1.54, 1.807) is 12.3 Å². The van der Waals surface area contributed by atoms with Crippen LogP contribution in [0.15, 0.2) is 48.9 Å². The molecule has 4 heteroatoms. The molecular formula is C19H28N2O2. The highest BCUT2D eigenvalue weighted by atomic mass is 16.5. The highest BCUT2D eigenvalue weighted by Gasteiger charge is 2.00. The summed E-state index contributed by atoms with van der Waals surface area (Å²) in [7, 11) is 1.88. The van der Waals surface area contributed by atoms with E-state index >= 15 is 0 Å². The lowest BCUT2D eigenvalue weighted by Crippen LogP contribution is -2.00. The summed E-state index contributed by atoms with van der Waals surface area (Å²) >= 11 is 0. The van der Waals surface area contributed by atoms with Crippen molar-refractivity contribution in [2.45, 2.75) is 26.7 Å². The second-order valence-corrected chi connectivity index (χ2v) is 4.89. The molecular weight excluding hydrogens is 288 g/mol. The van der Waals surface area contributed by atoms with E-state index in [1.165, 1.54) is 0 Å². The van der Waals surface area contributed by atoms with Crippen LogP contribution in [0.1, 0.15) is 32.4 Å². The largest absolute Gasteiger partial charge is 0.498 e. The van der Waals surface area contributed by atoms with Gasteiger partial charge < -0.3 is 14.8 Å². The standard InChI is InChI=1S/C19H28N2O2/c1-5-16(19-12-10-17(20-4)15-21-19)9-11-18(6-2)23-14-8-13-22-7-3/h5,9-12,15,20H,1,6-8,13-14H2,2-4H3/b16-9+,18-11+. The average molecular weight is 316 g/mol. The van der Waals surface area contributed by atoms with E-state index in [9.17, 15) is 0 Å².